The summed E-state index contributed by atoms with van der Waals surface area (Å²) in [5.41, 5.74) is 3.14. The van der Waals surface area contributed by atoms with Crippen LogP contribution in [0.4, 0.5) is 4.39 Å². The smallest absolute Gasteiger partial charge is 0.223 e. The van der Waals surface area contributed by atoms with E-state index in [0.717, 1.165) is 56.7 Å². The van der Waals surface area contributed by atoms with Crippen molar-refractivity contribution < 1.29 is 9.18 Å². The number of halogens is 1. The standard InChI is InChI=1S/C22H27FN4O/c23-19-9-7-17(8-10-19)4-2-11-26-12-3-13-27-21(16-26)14-20(25-27)15-24-22(28)18-5-1-6-18/h2,4,7-10,14,18H,1,3,5-6,11-13,15-16H2,(H,24,28)/b4-2+. The highest BCUT2D eigenvalue weighted by Gasteiger charge is 2.25. The Bertz CT molecular complexity index is 839. The fourth-order valence-corrected chi connectivity index (χ4v) is 3.73. The summed E-state index contributed by atoms with van der Waals surface area (Å²) in [6, 6.07) is 8.65. The number of hydrogen-bond donors (Lipinski definition) is 1. The third-order valence-corrected chi connectivity index (χ3v) is 5.61. The molecule has 1 aromatic heterocycles. The van der Waals surface area contributed by atoms with Crippen LogP contribution in [-0.4, -0.2) is 33.7 Å². The van der Waals surface area contributed by atoms with E-state index in [1.165, 1.54) is 24.2 Å². The minimum absolute atomic E-state index is 0.169. The number of nitrogens with one attached hydrogen (secondary N) is 1. The Hall–Kier alpha value is -2.47. The van der Waals surface area contributed by atoms with Crippen molar-refractivity contribution in [2.75, 3.05) is 13.1 Å². The van der Waals surface area contributed by atoms with Gasteiger partial charge in [0.25, 0.3) is 0 Å². The molecule has 6 heteroatoms. The van der Waals surface area contributed by atoms with E-state index in [-0.39, 0.29) is 17.6 Å². The number of hydrogen-bond acceptors (Lipinski definition) is 3. The Balaban J connectivity index is 1.31. The normalized spacial score (nSPS) is 17.9. The molecule has 0 bridgehead atoms. The van der Waals surface area contributed by atoms with Crippen LogP contribution in [-0.2, 0) is 24.4 Å². The molecule has 0 unspecified atom stereocenters. The molecule has 1 amide bonds. The second-order valence-electron chi connectivity index (χ2n) is 7.74. The molecule has 0 saturated heterocycles. The molecule has 1 N–H and O–H groups in total. The maximum atomic E-state index is 13.0. The van der Waals surface area contributed by atoms with Gasteiger partial charge in [0.05, 0.1) is 17.9 Å². The fourth-order valence-electron chi connectivity index (χ4n) is 3.73. The monoisotopic (exact) mass is 382 g/mol. The Kier molecular flexibility index (Phi) is 5.86. The number of carbonyl (C=O) groups excluding carboxylic acids is 1. The molecular formula is C22H27FN4O. The van der Waals surface area contributed by atoms with Gasteiger partial charge in [-0.25, -0.2) is 4.39 Å². The molecule has 2 aromatic rings. The second kappa shape index (κ2) is 8.69. The maximum Gasteiger partial charge on any atom is 0.223 e. The fraction of sp³-hybridized carbons (Fsp3) is 0.455. The Morgan fingerprint density at radius 1 is 1.21 bits per heavy atom. The highest BCUT2D eigenvalue weighted by Crippen LogP contribution is 2.26. The largest absolute Gasteiger partial charge is 0.350 e. The van der Waals surface area contributed by atoms with Crippen molar-refractivity contribution in [3.8, 4) is 0 Å². The molecule has 1 aliphatic heterocycles. The summed E-state index contributed by atoms with van der Waals surface area (Å²) in [6.45, 7) is 4.13. The molecule has 148 valence electrons. The Morgan fingerprint density at radius 2 is 2.04 bits per heavy atom. The van der Waals surface area contributed by atoms with Crippen LogP contribution in [0.2, 0.25) is 0 Å². The molecule has 1 aromatic carbocycles. The molecule has 2 heterocycles. The summed E-state index contributed by atoms with van der Waals surface area (Å²) >= 11 is 0. The van der Waals surface area contributed by atoms with Gasteiger partial charge in [0.1, 0.15) is 5.82 Å². The number of amides is 1. The van der Waals surface area contributed by atoms with Gasteiger partial charge < -0.3 is 5.32 Å². The molecule has 0 atom stereocenters. The van der Waals surface area contributed by atoms with Crippen molar-refractivity contribution in [3.05, 3.63) is 59.2 Å². The van der Waals surface area contributed by atoms with Crippen LogP contribution < -0.4 is 5.32 Å². The number of carbonyl (C=O) groups is 1. The minimum Gasteiger partial charge on any atom is -0.350 e. The zero-order valence-electron chi connectivity index (χ0n) is 16.1. The minimum atomic E-state index is -0.211. The van der Waals surface area contributed by atoms with Gasteiger partial charge in [-0.3, -0.25) is 14.4 Å². The quantitative estimate of drug-likeness (QED) is 0.834. The zero-order chi connectivity index (χ0) is 19.3. The van der Waals surface area contributed by atoms with Crippen molar-refractivity contribution in [2.45, 2.75) is 45.3 Å². The second-order valence-corrected chi connectivity index (χ2v) is 7.74. The van der Waals surface area contributed by atoms with Crippen molar-refractivity contribution in [2.24, 2.45) is 5.92 Å². The van der Waals surface area contributed by atoms with E-state index in [2.05, 4.69) is 32.1 Å². The molecule has 0 radical (unpaired) electrons. The third-order valence-electron chi connectivity index (χ3n) is 5.61. The first kappa shape index (κ1) is 18.9. The number of aryl methyl sites for hydroxylation is 1. The van der Waals surface area contributed by atoms with E-state index in [9.17, 15) is 9.18 Å². The van der Waals surface area contributed by atoms with E-state index in [0.29, 0.717) is 6.54 Å². The summed E-state index contributed by atoms with van der Waals surface area (Å²) in [5, 5.41) is 7.71. The lowest BCUT2D eigenvalue weighted by Gasteiger charge is -2.23. The van der Waals surface area contributed by atoms with E-state index in [4.69, 9.17) is 0 Å². The first-order chi connectivity index (χ1) is 13.7. The van der Waals surface area contributed by atoms with Crippen LogP contribution in [0.25, 0.3) is 6.08 Å². The van der Waals surface area contributed by atoms with E-state index in [1.807, 2.05) is 6.08 Å². The summed E-state index contributed by atoms with van der Waals surface area (Å²) in [7, 11) is 0. The van der Waals surface area contributed by atoms with Crippen LogP contribution in [0.1, 0.15) is 42.6 Å². The first-order valence-corrected chi connectivity index (χ1v) is 10.2. The highest BCUT2D eigenvalue weighted by molar-refractivity contribution is 5.79. The van der Waals surface area contributed by atoms with Gasteiger partial charge in [-0.1, -0.05) is 30.7 Å². The molecule has 28 heavy (non-hydrogen) atoms. The SMILES string of the molecule is O=C(NCc1cc2n(n1)CCCN(C/C=C/c1ccc(F)cc1)C2)C1CCC1. The topological polar surface area (TPSA) is 50.2 Å². The molecule has 0 spiro atoms. The molecule has 4 rings (SSSR count). The number of nitrogens with zero attached hydrogens (tertiary/aromatic N) is 3. The number of aromatic nitrogens is 2. The van der Waals surface area contributed by atoms with Crippen LogP contribution >= 0.6 is 0 Å². The maximum absolute atomic E-state index is 13.0. The average Bonchev–Trinajstić information content (AvgIpc) is 2.92. The van der Waals surface area contributed by atoms with Gasteiger partial charge in [-0.2, -0.15) is 5.10 Å². The molecule has 5 nitrogen and oxygen atoms in total. The van der Waals surface area contributed by atoms with Crippen LogP contribution in [0.15, 0.2) is 36.4 Å². The summed E-state index contributed by atoms with van der Waals surface area (Å²) in [5.74, 6) is 0.170. The van der Waals surface area contributed by atoms with Gasteiger partial charge in [0, 0.05) is 32.1 Å². The predicted molar refractivity (Wildman–Crippen MR) is 107 cm³/mol. The summed E-state index contributed by atoms with van der Waals surface area (Å²) in [4.78, 5) is 14.4. The lowest BCUT2D eigenvalue weighted by atomic mass is 9.85. The zero-order valence-corrected chi connectivity index (χ0v) is 16.1. The number of fused-ring (bicyclic) bond motifs is 1. The predicted octanol–water partition coefficient (Wildman–Crippen LogP) is 3.36. The van der Waals surface area contributed by atoms with E-state index in [1.54, 1.807) is 12.1 Å². The summed E-state index contributed by atoms with van der Waals surface area (Å²) in [6.07, 6.45) is 8.41. The number of rotatable bonds is 6. The lowest BCUT2D eigenvalue weighted by Crippen LogP contribution is -2.34. The average molecular weight is 382 g/mol. The first-order valence-electron chi connectivity index (χ1n) is 10.2. The van der Waals surface area contributed by atoms with Crippen molar-refractivity contribution in [1.82, 2.24) is 20.0 Å². The van der Waals surface area contributed by atoms with Gasteiger partial charge in [0.2, 0.25) is 5.91 Å². The van der Waals surface area contributed by atoms with Gasteiger partial charge in [0.15, 0.2) is 0 Å². The van der Waals surface area contributed by atoms with Gasteiger partial charge in [-0.05, 0) is 43.0 Å². The van der Waals surface area contributed by atoms with Gasteiger partial charge >= 0.3 is 0 Å². The van der Waals surface area contributed by atoms with Crippen molar-refractivity contribution in [3.63, 3.8) is 0 Å². The third kappa shape index (κ3) is 4.68. The van der Waals surface area contributed by atoms with E-state index >= 15 is 0 Å². The molecule has 2 aliphatic rings. The molecule has 1 saturated carbocycles. The summed E-state index contributed by atoms with van der Waals surface area (Å²) < 4.78 is 15.1. The lowest BCUT2D eigenvalue weighted by molar-refractivity contribution is -0.127. The molecule has 1 aliphatic carbocycles. The van der Waals surface area contributed by atoms with Crippen LogP contribution in [0.5, 0.6) is 0 Å². The van der Waals surface area contributed by atoms with Crippen LogP contribution in [0.3, 0.4) is 0 Å². The Morgan fingerprint density at radius 3 is 2.79 bits per heavy atom. The van der Waals surface area contributed by atoms with Crippen LogP contribution in [0, 0.1) is 11.7 Å². The van der Waals surface area contributed by atoms with E-state index < -0.39 is 0 Å². The molecule has 1 fully saturated rings. The number of benzene rings is 1. The van der Waals surface area contributed by atoms with Gasteiger partial charge in [-0.15, -0.1) is 0 Å². The Labute approximate surface area is 165 Å². The molecular weight excluding hydrogens is 355 g/mol. The van der Waals surface area contributed by atoms with Crippen molar-refractivity contribution >= 4 is 12.0 Å². The van der Waals surface area contributed by atoms with Crippen molar-refractivity contribution in [1.29, 1.82) is 0 Å². The highest BCUT2D eigenvalue weighted by atomic mass is 19.1.